The molecule has 192 valence electrons. The van der Waals surface area contributed by atoms with Gasteiger partial charge in [0.2, 0.25) is 5.89 Å². The number of oxazole rings is 1. The molecule has 0 atom stereocenters. The lowest BCUT2D eigenvalue weighted by atomic mass is 9.97. The van der Waals surface area contributed by atoms with Crippen molar-refractivity contribution in [1.29, 1.82) is 10.5 Å². The third-order valence-corrected chi connectivity index (χ3v) is 6.69. The van der Waals surface area contributed by atoms with E-state index in [0.717, 1.165) is 22.8 Å². The highest BCUT2D eigenvalue weighted by Crippen LogP contribution is 2.38. The predicted octanol–water partition coefficient (Wildman–Crippen LogP) is 4.96. The van der Waals surface area contributed by atoms with Gasteiger partial charge in [0.15, 0.2) is 0 Å². The summed E-state index contributed by atoms with van der Waals surface area (Å²) in [6.45, 7) is 2.04. The summed E-state index contributed by atoms with van der Waals surface area (Å²) in [5.74, 6) is 2.97. The van der Waals surface area contributed by atoms with Gasteiger partial charge in [0, 0.05) is 23.3 Å². The first-order chi connectivity index (χ1) is 18.5. The van der Waals surface area contributed by atoms with E-state index < -0.39 is 0 Å². The van der Waals surface area contributed by atoms with Crippen molar-refractivity contribution in [2.24, 2.45) is 0 Å². The van der Waals surface area contributed by atoms with Gasteiger partial charge in [-0.15, -0.1) is 0 Å². The standard InChI is InChI=1S/C28H25N5O4S/c1-3-24-23(32-27(37-24)18-6-8-19(35-2)9-7-18)16-38-28-22(15-30)25(21(14-29)26(31)33-28)17-4-10-20(11-5-17)36-13-12-34/h4-11,34H,3,12-13,16H2,1-2H3,(H2,31,33). The van der Waals surface area contributed by atoms with Crippen LogP contribution in [-0.4, -0.2) is 35.4 Å². The monoisotopic (exact) mass is 527 g/mol. The molecule has 2 heterocycles. The number of thioether (sulfide) groups is 1. The molecule has 9 nitrogen and oxygen atoms in total. The second kappa shape index (κ2) is 12.2. The average molecular weight is 528 g/mol. The van der Waals surface area contributed by atoms with Gasteiger partial charge in [-0.25, -0.2) is 9.97 Å². The highest BCUT2D eigenvalue weighted by atomic mass is 32.2. The summed E-state index contributed by atoms with van der Waals surface area (Å²) >= 11 is 1.31. The van der Waals surface area contributed by atoms with Gasteiger partial charge in [0.1, 0.15) is 52.4 Å². The fraction of sp³-hybridized carbons (Fsp3) is 0.214. The normalized spacial score (nSPS) is 10.6. The number of aliphatic hydroxyl groups excluding tert-OH is 1. The van der Waals surface area contributed by atoms with Crippen molar-refractivity contribution in [2.75, 3.05) is 26.1 Å². The molecule has 0 aliphatic rings. The van der Waals surface area contributed by atoms with Crippen LogP contribution in [0.25, 0.3) is 22.6 Å². The fourth-order valence-electron chi connectivity index (χ4n) is 3.84. The summed E-state index contributed by atoms with van der Waals surface area (Å²) in [5, 5.41) is 29.2. The molecular formula is C28H25N5O4S. The van der Waals surface area contributed by atoms with E-state index in [1.807, 2.05) is 31.2 Å². The third kappa shape index (κ3) is 5.57. The number of nitrogen functional groups attached to an aromatic ring is 1. The van der Waals surface area contributed by atoms with Crippen molar-refractivity contribution in [1.82, 2.24) is 9.97 Å². The van der Waals surface area contributed by atoms with Gasteiger partial charge in [-0.05, 0) is 42.0 Å². The Hall–Kier alpha value is -4.51. The zero-order valence-corrected chi connectivity index (χ0v) is 21.7. The fourth-order valence-corrected chi connectivity index (χ4v) is 4.79. The molecule has 2 aromatic carbocycles. The van der Waals surface area contributed by atoms with Gasteiger partial charge in [0.25, 0.3) is 0 Å². The van der Waals surface area contributed by atoms with Crippen LogP contribution in [-0.2, 0) is 12.2 Å². The summed E-state index contributed by atoms with van der Waals surface area (Å²) in [4.78, 5) is 9.08. The van der Waals surface area contributed by atoms with Crippen LogP contribution in [0.2, 0.25) is 0 Å². The van der Waals surface area contributed by atoms with E-state index in [2.05, 4.69) is 17.1 Å². The molecule has 10 heteroatoms. The molecule has 4 aromatic rings. The number of aliphatic hydroxyl groups is 1. The SMILES string of the molecule is CCc1oc(-c2ccc(OC)cc2)nc1CSc1nc(N)c(C#N)c(-c2ccc(OCCO)cc2)c1C#N. The van der Waals surface area contributed by atoms with E-state index in [-0.39, 0.29) is 30.2 Å². The molecule has 0 radical (unpaired) electrons. The molecule has 4 rings (SSSR count). The van der Waals surface area contributed by atoms with Gasteiger partial charge in [-0.2, -0.15) is 10.5 Å². The first-order valence-corrected chi connectivity index (χ1v) is 12.7. The number of aryl methyl sites for hydroxylation is 1. The number of aromatic nitrogens is 2. The van der Waals surface area contributed by atoms with Crippen LogP contribution in [0.3, 0.4) is 0 Å². The number of methoxy groups -OCH3 is 1. The number of hydrogen-bond donors (Lipinski definition) is 2. The first-order valence-electron chi connectivity index (χ1n) is 11.8. The lowest BCUT2D eigenvalue weighted by Gasteiger charge is -2.13. The van der Waals surface area contributed by atoms with Crippen LogP contribution in [0.15, 0.2) is 58.0 Å². The Morgan fingerprint density at radius 2 is 1.63 bits per heavy atom. The number of nitrogens with zero attached hydrogens (tertiary/aromatic N) is 4. The average Bonchev–Trinajstić information content (AvgIpc) is 3.38. The maximum Gasteiger partial charge on any atom is 0.226 e. The van der Waals surface area contributed by atoms with Gasteiger partial charge < -0.3 is 24.7 Å². The number of pyridine rings is 1. The van der Waals surface area contributed by atoms with Crippen LogP contribution in [0.5, 0.6) is 11.5 Å². The minimum absolute atomic E-state index is 0.0411. The first kappa shape index (κ1) is 26.6. The third-order valence-electron chi connectivity index (χ3n) is 5.70. The van der Waals surface area contributed by atoms with Crippen molar-refractivity contribution in [3.8, 4) is 46.2 Å². The van der Waals surface area contributed by atoms with Crippen LogP contribution in [0, 0.1) is 22.7 Å². The van der Waals surface area contributed by atoms with Crippen LogP contribution >= 0.6 is 11.8 Å². The number of rotatable bonds is 10. The summed E-state index contributed by atoms with van der Waals surface area (Å²) in [6, 6.07) is 18.6. The smallest absolute Gasteiger partial charge is 0.226 e. The van der Waals surface area contributed by atoms with Crippen LogP contribution < -0.4 is 15.2 Å². The molecule has 0 saturated heterocycles. The molecule has 3 N–H and O–H groups in total. The number of hydrogen-bond acceptors (Lipinski definition) is 10. The van der Waals surface area contributed by atoms with E-state index in [1.54, 1.807) is 31.4 Å². The van der Waals surface area contributed by atoms with E-state index in [4.69, 9.17) is 29.7 Å². The Labute approximate surface area is 224 Å². The summed E-state index contributed by atoms with van der Waals surface area (Å²) < 4.78 is 16.7. The number of nitrogens with two attached hydrogens (primary N) is 1. The molecule has 0 fully saturated rings. The second-order valence-corrected chi connectivity index (χ2v) is 8.97. The topological polar surface area (TPSA) is 151 Å². The molecule has 38 heavy (non-hydrogen) atoms. The second-order valence-electron chi connectivity index (χ2n) is 8.01. The summed E-state index contributed by atoms with van der Waals surface area (Å²) in [6.07, 6.45) is 0.642. The number of nitriles is 2. The molecule has 0 spiro atoms. The molecule has 0 aliphatic heterocycles. The summed E-state index contributed by atoms with van der Waals surface area (Å²) in [5.41, 5.74) is 9.15. The van der Waals surface area contributed by atoms with E-state index >= 15 is 0 Å². The van der Waals surface area contributed by atoms with E-state index in [0.29, 0.717) is 40.0 Å². The summed E-state index contributed by atoms with van der Waals surface area (Å²) in [7, 11) is 1.61. The Balaban J connectivity index is 1.66. The predicted molar refractivity (Wildman–Crippen MR) is 144 cm³/mol. The Morgan fingerprint density at radius 3 is 2.24 bits per heavy atom. The zero-order valence-electron chi connectivity index (χ0n) is 20.9. The van der Waals surface area contributed by atoms with Crippen molar-refractivity contribution in [2.45, 2.75) is 24.1 Å². The highest BCUT2D eigenvalue weighted by Gasteiger charge is 2.22. The van der Waals surface area contributed by atoms with Crippen molar-refractivity contribution >= 4 is 17.6 Å². The Morgan fingerprint density at radius 1 is 0.974 bits per heavy atom. The number of anilines is 1. The lowest BCUT2D eigenvalue weighted by Crippen LogP contribution is -2.04. The minimum Gasteiger partial charge on any atom is -0.497 e. The van der Waals surface area contributed by atoms with Crippen molar-refractivity contribution < 1.29 is 19.0 Å². The molecule has 0 bridgehead atoms. The molecule has 0 unspecified atom stereocenters. The van der Waals surface area contributed by atoms with Gasteiger partial charge in [-0.1, -0.05) is 30.8 Å². The van der Waals surface area contributed by atoms with Crippen molar-refractivity contribution in [3.05, 3.63) is 71.1 Å². The van der Waals surface area contributed by atoms with Gasteiger partial charge in [-0.3, -0.25) is 0 Å². The van der Waals surface area contributed by atoms with E-state index in [1.165, 1.54) is 11.8 Å². The van der Waals surface area contributed by atoms with Gasteiger partial charge >= 0.3 is 0 Å². The molecular weight excluding hydrogens is 502 g/mol. The van der Waals surface area contributed by atoms with E-state index in [9.17, 15) is 10.5 Å². The highest BCUT2D eigenvalue weighted by molar-refractivity contribution is 7.98. The zero-order chi connectivity index (χ0) is 27.1. The lowest BCUT2D eigenvalue weighted by molar-refractivity contribution is 0.201. The maximum absolute atomic E-state index is 10.1. The van der Waals surface area contributed by atoms with Crippen LogP contribution in [0.1, 0.15) is 29.5 Å². The minimum atomic E-state index is -0.104. The quantitative estimate of drug-likeness (QED) is 0.271. The molecule has 2 aromatic heterocycles. The van der Waals surface area contributed by atoms with Crippen molar-refractivity contribution in [3.63, 3.8) is 0 Å². The Bertz CT molecular complexity index is 1500. The molecule has 0 aliphatic carbocycles. The molecule has 0 amide bonds. The molecule has 0 saturated carbocycles. The maximum atomic E-state index is 10.1. The number of ether oxygens (including phenoxy) is 2. The van der Waals surface area contributed by atoms with Gasteiger partial charge in [0.05, 0.1) is 25.0 Å². The Kier molecular flexibility index (Phi) is 8.49. The van der Waals surface area contributed by atoms with Crippen LogP contribution in [0.4, 0.5) is 5.82 Å². The number of benzene rings is 2. The largest absolute Gasteiger partial charge is 0.497 e.